The molecular weight excluding hydrogens is 204 g/mol. The van der Waals surface area contributed by atoms with Gasteiger partial charge in [0.05, 0.1) is 17.5 Å². The van der Waals surface area contributed by atoms with E-state index >= 15 is 0 Å². The van der Waals surface area contributed by atoms with Crippen molar-refractivity contribution in [3.8, 4) is 0 Å². The maximum atomic E-state index is 10.5. The number of aromatic nitrogens is 2. The highest BCUT2D eigenvalue weighted by atomic mass is 16.3. The Bertz CT molecular complexity index is 321. The van der Waals surface area contributed by atoms with Gasteiger partial charge in [0.15, 0.2) is 0 Å². The van der Waals surface area contributed by atoms with E-state index in [9.17, 15) is 10.2 Å². The van der Waals surface area contributed by atoms with Gasteiger partial charge in [-0.2, -0.15) is 0 Å². The van der Waals surface area contributed by atoms with Crippen LogP contribution in [0.2, 0.25) is 0 Å². The maximum Gasteiger partial charge on any atom is 0.126 e. The third kappa shape index (κ3) is 2.39. The van der Waals surface area contributed by atoms with Gasteiger partial charge in [0.25, 0.3) is 0 Å². The van der Waals surface area contributed by atoms with Gasteiger partial charge < -0.3 is 10.2 Å². The maximum absolute atomic E-state index is 10.5. The molecular formula is C12H18N2O2. The van der Waals surface area contributed by atoms with Crippen LogP contribution in [-0.2, 0) is 0 Å². The molecule has 1 aliphatic carbocycles. The van der Waals surface area contributed by atoms with E-state index in [0.29, 0.717) is 18.5 Å². The lowest BCUT2D eigenvalue weighted by molar-refractivity contribution is -0.0886. The van der Waals surface area contributed by atoms with Crippen molar-refractivity contribution in [1.29, 1.82) is 0 Å². The van der Waals surface area contributed by atoms with E-state index in [4.69, 9.17) is 0 Å². The Morgan fingerprint density at radius 3 is 2.38 bits per heavy atom. The van der Waals surface area contributed by atoms with Crippen molar-refractivity contribution in [2.75, 3.05) is 0 Å². The average molecular weight is 222 g/mol. The lowest BCUT2D eigenvalue weighted by Crippen LogP contribution is -2.36. The summed E-state index contributed by atoms with van der Waals surface area (Å²) in [7, 11) is 0. The van der Waals surface area contributed by atoms with Gasteiger partial charge in [0, 0.05) is 12.4 Å². The summed E-state index contributed by atoms with van der Waals surface area (Å²) < 4.78 is 0. The second-order valence-electron chi connectivity index (χ2n) is 4.55. The van der Waals surface area contributed by atoms with E-state index in [2.05, 4.69) is 9.97 Å². The molecule has 4 heteroatoms. The molecule has 1 atom stereocenters. The quantitative estimate of drug-likeness (QED) is 0.746. The number of aliphatic hydroxyl groups is 2. The third-order valence-corrected chi connectivity index (χ3v) is 3.34. The molecule has 1 unspecified atom stereocenters. The fraction of sp³-hybridized carbons (Fsp3) is 0.667. The van der Waals surface area contributed by atoms with Crippen molar-refractivity contribution in [1.82, 2.24) is 9.97 Å². The lowest BCUT2D eigenvalue weighted by atomic mass is 9.87. The zero-order chi connectivity index (χ0) is 11.4. The summed E-state index contributed by atoms with van der Waals surface area (Å²) in [4.78, 5) is 7.98. The standard InChI is InChI=1S/C12H18N2O2/c15-11(10-9-13-7-8-14-10)12(16)5-3-1-2-4-6-12/h7-9,11,15-16H,1-6H2. The molecule has 2 rings (SSSR count). The topological polar surface area (TPSA) is 66.2 Å². The van der Waals surface area contributed by atoms with Crippen LogP contribution in [0.1, 0.15) is 50.3 Å². The molecule has 1 aliphatic rings. The fourth-order valence-corrected chi connectivity index (χ4v) is 2.34. The molecule has 1 fully saturated rings. The highest BCUT2D eigenvalue weighted by Crippen LogP contribution is 2.36. The van der Waals surface area contributed by atoms with Crippen molar-refractivity contribution in [3.05, 3.63) is 24.3 Å². The molecule has 0 radical (unpaired) electrons. The smallest absolute Gasteiger partial charge is 0.126 e. The van der Waals surface area contributed by atoms with Crippen molar-refractivity contribution in [2.24, 2.45) is 0 Å². The van der Waals surface area contributed by atoms with E-state index in [1.807, 2.05) is 0 Å². The molecule has 0 saturated heterocycles. The minimum atomic E-state index is -1.02. The minimum Gasteiger partial charge on any atom is -0.387 e. The van der Waals surface area contributed by atoms with Gasteiger partial charge in [-0.3, -0.25) is 9.97 Å². The molecule has 4 nitrogen and oxygen atoms in total. The highest BCUT2D eigenvalue weighted by Gasteiger charge is 2.37. The Morgan fingerprint density at radius 1 is 1.12 bits per heavy atom. The molecule has 88 valence electrons. The van der Waals surface area contributed by atoms with Crippen molar-refractivity contribution in [3.63, 3.8) is 0 Å². The molecule has 1 aromatic rings. The van der Waals surface area contributed by atoms with Crippen molar-refractivity contribution < 1.29 is 10.2 Å². The van der Waals surface area contributed by atoms with Gasteiger partial charge in [-0.05, 0) is 12.8 Å². The monoisotopic (exact) mass is 222 g/mol. The molecule has 1 aromatic heterocycles. The Morgan fingerprint density at radius 2 is 1.81 bits per heavy atom. The summed E-state index contributed by atoms with van der Waals surface area (Å²) in [6.07, 6.45) is 9.20. The molecule has 16 heavy (non-hydrogen) atoms. The SMILES string of the molecule is OC(c1cnccn1)C1(O)CCCCCC1. The van der Waals surface area contributed by atoms with Crippen LogP contribution in [0.4, 0.5) is 0 Å². The number of hydrogen-bond acceptors (Lipinski definition) is 4. The predicted octanol–water partition coefficient (Wildman–Crippen LogP) is 1.60. The molecule has 1 heterocycles. The summed E-state index contributed by atoms with van der Waals surface area (Å²) in [5.41, 5.74) is -0.557. The van der Waals surface area contributed by atoms with Crippen LogP contribution in [0.15, 0.2) is 18.6 Å². The Hall–Kier alpha value is -1.00. The summed E-state index contributed by atoms with van der Waals surface area (Å²) in [6, 6.07) is 0. The summed E-state index contributed by atoms with van der Waals surface area (Å²) in [5.74, 6) is 0. The molecule has 0 aromatic carbocycles. The normalized spacial score (nSPS) is 22.4. The summed E-state index contributed by atoms with van der Waals surface area (Å²) in [6.45, 7) is 0. The van der Waals surface area contributed by atoms with Gasteiger partial charge in [0.1, 0.15) is 6.10 Å². The first kappa shape index (κ1) is 11.5. The van der Waals surface area contributed by atoms with Crippen LogP contribution < -0.4 is 0 Å². The molecule has 1 saturated carbocycles. The molecule has 0 aliphatic heterocycles. The van der Waals surface area contributed by atoms with E-state index in [0.717, 1.165) is 25.7 Å². The number of rotatable bonds is 2. The second-order valence-corrected chi connectivity index (χ2v) is 4.55. The number of nitrogens with zero attached hydrogens (tertiary/aromatic N) is 2. The zero-order valence-electron chi connectivity index (χ0n) is 9.34. The van der Waals surface area contributed by atoms with Crippen LogP contribution in [0.3, 0.4) is 0 Å². The molecule has 0 spiro atoms. The van der Waals surface area contributed by atoms with Crippen molar-refractivity contribution >= 4 is 0 Å². The number of aliphatic hydroxyl groups excluding tert-OH is 1. The molecule has 2 N–H and O–H groups in total. The zero-order valence-corrected chi connectivity index (χ0v) is 9.34. The fourth-order valence-electron chi connectivity index (χ4n) is 2.34. The van der Waals surface area contributed by atoms with Gasteiger partial charge in [-0.1, -0.05) is 25.7 Å². The van der Waals surface area contributed by atoms with Crippen LogP contribution in [-0.4, -0.2) is 25.8 Å². The Labute approximate surface area is 95.4 Å². The first-order valence-electron chi connectivity index (χ1n) is 5.89. The summed E-state index contributed by atoms with van der Waals surface area (Å²) >= 11 is 0. The molecule has 0 bridgehead atoms. The first-order chi connectivity index (χ1) is 7.72. The van der Waals surface area contributed by atoms with Crippen molar-refractivity contribution in [2.45, 2.75) is 50.2 Å². The first-order valence-corrected chi connectivity index (χ1v) is 5.89. The van der Waals surface area contributed by atoms with Crippen LogP contribution in [0, 0.1) is 0 Å². The minimum absolute atomic E-state index is 0.465. The Balaban J connectivity index is 2.15. The van der Waals surface area contributed by atoms with Crippen LogP contribution >= 0.6 is 0 Å². The average Bonchev–Trinajstić information content (AvgIpc) is 2.55. The molecule has 0 amide bonds. The van der Waals surface area contributed by atoms with Crippen LogP contribution in [0.5, 0.6) is 0 Å². The summed E-state index contributed by atoms with van der Waals surface area (Å²) in [5, 5.41) is 20.6. The van der Waals surface area contributed by atoms with Gasteiger partial charge >= 0.3 is 0 Å². The van der Waals surface area contributed by atoms with E-state index in [1.54, 1.807) is 12.4 Å². The van der Waals surface area contributed by atoms with Gasteiger partial charge in [0.2, 0.25) is 0 Å². The van der Waals surface area contributed by atoms with Crippen LogP contribution in [0.25, 0.3) is 0 Å². The van der Waals surface area contributed by atoms with Gasteiger partial charge in [-0.15, -0.1) is 0 Å². The highest BCUT2D eigenvalue weighted by molar-refractivity contribution is 5.06. The number of hydrogen-bond donors (Lipinski definition) is 2. The Kier molecular flexibility index (Phi) is 3.51. The van der Waals surface area contributed by atoms with E-state index in [1.165, 1.54) is 6.20 Å². The second kappa shape index (κ2) is 4.89. The van der Waals surface area contributed by atoms with E-state index in [-0.39, 0.29) is 0 Å². The third-order valence-electron chi connectivity index (χ3n) is 3.34. The predicted molar refractivity (Wildman–Crippen MR) is 59.6 cm³/mol. The lowest BCUT2D eigenvalue weighted by Gasteiger charge is -2.31. The van der Waals surface area contributed by atoms with Gasteiger partial charge in [-0.25, -0.2) is 0 Å². The van der Waals surface area contributed by atoms with E-state index < -0.39 is 11.7 Å². The largest absolute Gasteiger partial charge is 0.387 e.